The normalized spacial score (nSPS) is 48.8. The van der Waals surface area contributed by atoms with Gasteiger partial charge in [-0.15, -0.1) is 0 Å². The van der Waals surface area contributed by atoms with Gasteiger partial charge in [-0.25, -0.2) is 0 Å². The quantitative estimate of drug-likeness (QED) is 0.303. The molecule has 1 aliphatic heterocycles. The van der Waals surface area contributed by atoms with Gasteiger partial charge in [0.15, 0.2) is 12.6 Å². The summed E-state index contributed by atoms with van der Waals surface area (Å²) < 4.78 is 11.4. The summed E-state index contributed by atoms with van der Waals surface area (Å²) in [6, 6.07) is 0. The van der Waals surface area contributed by atoms with E-state index in [0.29, 0.717) is 40.9 Å². The third-order valence-electron chi connectivity index (χ3n) is 12.6. The second-order valence-electron chi connectivity index (χ2n) is 14.9. The number of allylic oxidation sites excluding steroid dienone is 4. The molecule has 1 heterocycles. The van der Waals surface area contributed by atoms with Crippen molar-refractivity contribution in [3.8, 4) is 0 Å². The lowest BCUT2D eigenvalue weighted by atomic mass is 9.47. The zero-order valence-corrected chi connectivity index (χ0v) is 25.7. The average molecular weight is 561 g/mol. The monoisotopic (exact) mass is 560 g/mol. The molecule has 228 valence electrons. The first-order valence-electron chi connectivity index (χ1n) is 16.3. The Hall–Kier alpha value is -0.760. The van der Waals surface area contributed by atoms with Gasteiger partial charge in [0.2, 0.25) is 0 Å². The van der Waals surface area contributed by atoms with Gasteiger partial charge >= 0.3 is 0 Å². The summed E-state index contributed by atoms with van der Waals surface area (Å²) in [5.41, 5.74) is 2.39. The van der Waals surface area contributed by atoms with Crippen LogP contribution in [0, 0.1) is 52.3 Å². The zero-order chi connectivity index (χ0) is 29.0. The highest BCUT2D eigenvalue weighted by Gasteiger charge is 2.58. The van der Waals surface area contributed by atoms with E-state index in [0.717, 1.165) is 31.6 Å². The molecule has 1 saturated heterocycles. The molecule has 0 unspecified atom stereocenters. The number of hydrogen-bond acceptors (Lipinski definition) is 6. The van der Waals surface area contributed by atoms with Crippen molar-refractivity contribution in [1.82, 2.24) is 0 Å². The molecular formula is C34H56O6. The van der Waals surface area contributed by atoms with Crippen LogP contribution in [0.3, 0.4) is 0 Å². The molecule has 3 saturated carbocycles. The van der Waals surface area contributed by atoms with E-state index in [4.69, 9.17) is 9.47 Å². The van der Waals surface area contributed by atoms with Crippen molar-refractivity contribution in [2.75, 3.05) is 0 Å². The van der Waals surface area contributed by atoms with E-state index < -0.39 is 30.9 Å². The SMILES string of the molecule is CC[C@@H](/C=C/[C@H](C)[C@@H]1CC[C@H]2C3=CC[C@@H]4C[C@H](O[C@@H]5O[C@H](O)[C@@H](O)[C@@H](O)[C@H]5O)CC[C@]4(C)[C@H]3CC[C@]21C)C(C)C. The van der Waals surface area contributed by atoms with Crippen LogP contribution in [0.2, 0.25) is 0 Å². The number of hydrogen-bond donors (Lipinski definition) is 4. The molecule has 0 aromatic carbocycles. The van der Waals surface area contributed by atoms with Crippen LogP contribution in [0.1, 0.15) is 99.3 Å². The maximum atomic E-state index is 10.4. The third-order valence-corrected chi connectivity index (χ3v) is 12.6. The van der Waals surface area contributed by atoms with Crippen LogP contribution in [0.25, 0.3) is 0 Å². The maximum absolute atomic E-state index is 10.4. The highest BCUT2D eigenvalue weighted by molar-refractivity contribution is 5.28. The Morgan fingerprint density at radius 3 is 2.33 bits per heavy atom. The van der Waals surface area contributed by atoms with E-state index in [9.17, 15) is 20.4 Å². The first kappa shape index (κ1) is 30.7. The van der Waals surface area contributed by atoms with Crippen molar-refractivity contribution in [1.29, 1.82) is 0 Å². The molecule has 4 N–H and O–H groups in total. The average Bonchev–Trinajstić information content (AvgIpc) is 3.28. The molecule has 5 aliphatic rings. The summed E-state index contributed by atoms with van der Waals surface area (Å²) in [6.07, 6.45) is 10.8. The van der Waals surface area contributed by atoms with Gasteiger partial charge in [0.1, 0.15) is 18.3 Å². The number of aliphatic hydroxyl groups is 4. The molecule has 14 atom stereocenters. The molecule has 40 heavy (non-hydrogen) atoms. The minimum atomic E-state index is -1.56. The van der Waals surface area contributed by atoms with Gasteiger partial charge in [0.05, 0.1) is 6.10 Å². The first-order valence-corrected chi connectivity index (χ1v) is 16.3. The summed E-state index contributed by atoms with van der Waals surface area (Å²) in [5.74, 6) is 4.59. The summed E-state index contributed by atoms with van der Waals surface area (Å²) in [4.78, 5) is 0. The van der Waals surface area contributed by atoms with Gasteiger partial charge in [0, 0.05) is 0 Å². The van der Waals surface area contributed by atoms with Gasteiger partial charge in [-0.1, -0.05) is 65.3 Å². The molecule has 0 aromatic heterocycles. The van der Waals surface area contributed by atoms with Crippen LogP contribution in [0.15, 0.2) is 23.8 Å². The van der Waals surface area contributed by atoms with E-state index in [1.165, 1.54) is 32.1 Å². The Morgan fingerprint density at radius 1 is 0.925 bits per heavy atom. The van der Waals surface area contributed by atoms with Crippen LogP contribution < -0.4 is 0 Å². The largest absolute Gasteiger partial charge is 0.387 e. The fourth-order valence-electron chi connectivity index (χ4n) is 9.92. The molecular weight excluding hydrogens is 504 g/mol. The Bertz CT molecular complexity index is 947. The van der Waals surface area contributed by atoms with Crippen molar-refractivity contribution >= 4 is 0 Å². The lowest BCUT2D eigenvalue weighted by Gasteiger charge is -2.58. The third kappa shape index (κ3) is 5.28. The first-order chi connectivity index (χ1) is 18.9. The van der Waals surface area contributed by atoms with Crippen LogP contribution in [-0.4, -0.2) is 57.4 Å². The van der Waals surface area contributed by atoms with Gasteiger partial charge in [-0.2, -0.15) is 0 Å². The molecule has 0 spiro atoms. The van der Waals surface area contributed by atoms with E-state index in [1.807, 2.05) is 0 Å². The second-order valence-corrected chi connectivity index (χ2v) is 14.9. The molecule has 0 aromatic rings. The van der Waals surface area contributed by atoms with Gasteiger partial charge in [0.25, 0.3) is 0 Å². The van der Waals surface area contributed by atoms with Gasteiger partial charge < -0.3 is 29.9 Å². The standard InChI is InChI=1S/C34H56O6/c1-7-21(19(2)3)9-8-20(4)25-12-13-26-24-11-10-22-18-23(39-32-30(37)28(35)29(36)31(38)40-32)14-16-33(22,5)27(24)15-17-34(25,26)6/h8-9,11,19-23,25-32,35-38H,7,10,12-18H2,1-6H3/b9-8+/t20-,21-,22+,23+,25-,26-,27-,28+,29-,30+,31-,32+,33-,34-/m0/s1. The molecule has 0 bridgehead atoms. The summed E-state index contributed by atoms with van der Waals surface area (Å²) in [6.45, 7) is 14.6. The fourth-order valence-corrected chi connectivity index (χ4v) is 9.92. The van der Waals surface area contributed by atoms with Gasteiger partial charge in [-0.3, -0.25) is 0 Å². The molecule has 6 heteroatoms. The van der Waals surface area contributed by atoms with Crippen molar-refractivity contribution in [2.24, 2.45) is 52.3 Å². The predicted octanol–water partition coefficient (Wildman–Crippen LogP) is 5.58. The number of ether oxygens (including phenoxy) is 2. The second kappa shape index (κ2) is 11.7. The van der Waals surface area contributed by atoms with Crippen molar-refractivity contribution in [3.05, 3.63) is 23.8 Å². The maximum Gasteiger partial charge on any atom is 0.189 e. The highest BCUT2D eigenvalue weighted by Crippen LogP contribution is 2.67. The van der Waals surface area contributed by atoms with Gasteiger partial charge in [-0.05, 0) is 110 Å². The molecule has 4 fully saturated rings. The van der Waals surface area contributed by atoms with E-state index in [2.05, 4.69) is 59.8 Å². The van der Waals surface area contributed by atoms with E-state index in [1.54, 1.807) is 5.57 Å². The smallest absolute Gasteiger partial charge is 0.189 e. The van der Waals surface area contributed by atoms with E-state index in [-0.39, 0.29) is 11.5 Å². The topological polar surface area (TPSA) is 99.4 Å². The lowest BCUT2D eigenvalue weighted by molar-refractivity contribution is -0.350. The number of fused-ring (bicyclic) bond motifs is 5. The van der Waals surface area contributed by atoms with Crippen LogP contribution in [-0.2, 0) is 9.47 Å². The molecule has 5 rings (SSSR count). The predicted molar refractivity (Wildman–Crippen MR) is 156 cm³/mol. The van der Waals surface area contributed by atoms with Crippen molar-refractivity contribution in [3.63, 3.8) is 0 Å². The summed E-state index contributed by atoms with van der Waals surface area (Å²) >= 11 is 0. The van der Waals surface area contributed by atoms with Crippen LogP contribution >= 0.6 is 0 Å². The van der Waals surface area contributed by atoms with Crippen molar-refractivity contribution in [2.45, 2.75) is 136 Å². The fraction of sp³-hybridized carbons (Fsp3) is 0.882. The Labute approximate surface area is 242 Å². The van der Waals surface area contributed by atoms with E-state index >= 15 is 0 Å². The van der Waals surface area contributed by atoms with Crippen LogP contribution in [0.4, 0.5) is 0 Å². The molecule has 0 amide bonds. The summed E-state index contributed by atoms with van der Waals surface area (Å²) in [5, 5.41) is 40.2. The van der Waals surface area contributed by atoms with Crippen molar-refractivity contribution < 1.29 is 29.9 Å². The Balaban J connectivity index is 1.26. The zero-order valence-electron chi connectivity index (χ0n) is 25.7. The summed E-state index contributed by atoms with van der Waals surface area (Å²) in [7, 11) is 0. The molecule has 4 aliphatic carbocycles. The minimum absolute atomic E-state index is 0.0996. The number of rotatable bonds is 7. The molecule has 0 radical (unpaired) electrons. The number of aliphatic hydroxyl groups excluding tert-OH is 4. The lowest BCUT2D eigenvalue weighted by Crippen LogP contribution is -2.59. The minimum Gasteiger partial charge on any atom is -0.387 e. The Morgan fingerprint density at radius 2 is 1.62 bits per heavy atom. The van der Waals surface area contributed by atoms with Crippen LogP contribution in [0.5, 0.6) is 0 Å². The molecule has 6 nitrogen and oxygen atoms in total. The Kier molecular flexibility index (Phi) is 9.00. The highest BCUT2D eigenvalue weighted by atomic mass is 16.7.